The van der Waals surface area contributed by atoms with E-state index in [-0.39, 0.29) is 5.91 Å². The molecule has 0 aliphatic heterocycles. The number of hydrogen-bond acceptors (Lipinski definition) is 4. The topological polar surface area (TPSA) is 101 Å². The van der Waals surface area contributed by atoms with Gasteiger partial charge in [-0.05, 0) is 31.5 Å². The molecule has 4 N–H and O–H groups in total. The first-order valence-corrected chi connectivity index (χ1v) is 7.71. The predicted molar refractivity (Wildman–Crippen MR) is 76.4 cm³/mol. The van der Waals surface area contributed by atoms with E-state index in [0.29, 0.717) is 17.8 Å². The van der Waals surface area contributed by atoms with Gasteiger partial charge < -0.3 is 11.1 Å². The van der Waals surface area contributed by atoms with E-state index in [1.165, 1.54) is 6.07 Å². The minimum Gasteiger partial charge on any atom is -0.324 e. The second kappa shape index (κ2) is 5.58. The average molecular weight is 285 g/mol. The van der Waals surface area contributed by atoms with E-state index in [2.05, 4.69) is 10.0 Å². The summed E-state index contributed by atoms with van der Waals surface area (Å²) in [5.74, 6) is -0.313. The van der Waals surface area contributed by atoms with Crippen molar-refractivity contribution < 1.29 is 13.2 Å². The molecule has 0 aromatic heterocycles. The second-order valence-electron chi connectivity index (χ2n) is 4.68. The normalized spacial score (nSPS) is 14.5. The van der Waals surface area contributed by atoms with Gasteiger partial charge in [0.1, 0.15) is 0 Å². The van der Waals surface area contributed by atoms with E-state index in [0.717, 1.165) is 6.26 Å². The summed E-state index contributed by atoms with van der Waals surface area (Å²) in [7, 11) is -3.34. The van der Waals surface area contributed by atoms with Crippen molar-refractivity contribution in [3.63, 3.8) is 0 Å². The van der Waals surface area contributed by atoms with Crippen molar-refractivity contribution >= 4 is 27.3 Å². The Hall–Kier alpha value is -1.60. The van der Waals surface area contributed by atoms with Crippen LogP contribution >= 0.6 is 0 Å². The Balaban J connectivity index is 2.87. The van der Waals surface area contributed by atoms with Crippen molar-refractivity contribution in [3.8, 4) is 0 Å². The van der Waals surface area contributed by atoms with Gasteiger partial charge in [-0.2, -0.15) is 0 Å². The molecule has 1 aromatic carbocycles. The highest BCUT2D eigenvalue weighted by atomic mass is 32.2. The molecule has 0 aliphatic carbocycles. The van der Waals surface area contributed by atoms with E-state index >= 15 is 0 Å². The van der Waals surface area contributed by atoms with Crippen LogP contribution in [0.4, 0.5) is 11.4 Å². The lowest BCUT2D eigenvalue weighted by Gasteiger charge is -2.21. The molecule has 0 fully saturated rings. The minimum absolute atomic E-state index is 0.313. The molecule has 1 atom stereocenters. The van der Waals surface area contributed by atoms with Gasteiger partial charge >= 0.3 is 0 Å². The summed E-state index contributed by atoms with van der Waals surface area (Å²) in [5.41, 5.74) is 5.74. The number of amides is 1. The van der Waals surface area contributed by atoms with Crippen molar-refractivity contribution in [3.05, 3.63) is 24.3 Å². The zero-order valence-electron chi connectivity index (χ0n) is 11.2. The molecule has 106 valence electrons. The third-order valence-electron chi connectivity index (χ3n) is 2.68. The number of nitrogens with two attached hydrogens (primary N) is 1. The summed E-state index contributed by atoms with van der Waals surface area (Å²) in [6.45, 7) is 3.46. The Bertz CT molecular complexity index is 567. The molecule has 0 spiro atoms. The molecule has 1 aromatic rings. The highest BCUT2D eigenvalue weighted by Crippen LogP contribution is 2.17. The Labute approximate surface area is 113 Å². The number of sulfonamides is 1. The van der Waals surface area contributed by atoms with Gasteiger partial charge in [-0.25, -0.2) is 8.42 Å². The molecule has 0 aliphatic rings. The molecular formula is C12H19N3O3S. The molecule has 1 rings (SSSR count). The van der Waals surface area contributed by atoms with Gasteiger partial charge in [0, 0.05) is 5.69 Å². The number of carbonyl (C=O) groups excluding carboxylic acids is 1. The van der Waals surface area contributed by atoms with Gasteiger partial charge in [-0.3, -0.25) is 9.52 Å². The Kier molecular flexibility index (Phi) is 4.54. The first-order chi connectivity index (χ1) is 8.64. The molecule has 0 radical (unpaired) electrons. The smallest absolute Gasteiger partial charge is 0.244 e. The van der Waals surface area contributed by atoms with Crippen LogP contribution in [0.15, 0.2) is 24.3 Å². The first kappa shape index (κ1) is 15.5. The molecule has 0 saturated heterocycles. The number of carbonyl (C=O) groups is 1. The summed E-state index contributed by atoms with van der Waals surface area (Å²) < 4.78 is 24.6. The van der Waals surface area contributed by atoms with Gasteiger partial charge in [0.15, 0.2) is 0 Å². The molecule has 0 saturated carbocycles. The summed E-state index contributed by atoms with van der Waals surface area (Å²) in [6.07, 6.45) is 1.56. The molecule has 6 nitrogen and oxygen atoms in total. The molecule has 1 amide bonds. The van der Waals surface area contributed by atoms with E-state index < -0.39 is 15.6 Å². The maximum absolute atomic E-state index is 11.9. The molecular weight excluding hydrogens is 266 g/mol. The molecule has 0 heterocycles. The lowest BCUT2D eigenvalue weighted by Crippen LogP contribution is -2.47. The van der Waals surface area contributed by atoms with Crippen molar-refractivity contribution in [2.24, 2.45) is 5.73 Å². The molecule has 19 heavy (non-hydrogen) atoms. The fourth-order valence-corrected chi connectivity index (χ4v) is 1.86. The highest BCUT2D eigenvalue weighted by Gasteiger charge is 2.25. The third kappa shape index (κ3) is 4.88. The number of nitrogens with one attached hydrogen (secondary N) is 2. The number of rotatable bonds is 5. The maximum atomic E-state index is 11.9. The second-order valence-corrected chi connectivity index (χ2v) is 6.43. The Morgan fingerprint density at radius 3 is 2.47 bits per heavy atom. The zero-order valence-corrected chi connectivity index (χ0v) is 12.0. The summed E-state index contributed by atoms with van der Waals surface area (Å²) in [6, 6.07) is 6.43. The van der Waals surface area contributed by atoms with Crippen LogP contribution in [0, 0.1) is 0 Å². The predicted octanol–water partition coefficient (Wildman–Crippen LogP) is 1.12. The largest absolute Gasteiger partial charge is 0.324 e. The number of hydrogen-bond donors (Lipinski definition) is 3. The summed E-state index contributed by atoms with van der Waals surface area (Å²) in [5, 5.41) is 2.66. The van der Waals surface area contributed by atoms with Crippen LogP contribution in [-0.2, 0) is 14.8 Å². The number of benzene rings is 1. The standard InChI is InChI=1S/C12H19N3O3S/c1-4-12(2,13)11(16)14-9-6-5-7-10(8-9)15-19(3,17)18/h5-8,15H,4,13H2,1-3H3,(H,14,16). The number of anilines is 2. The van der Waals surface area contributed by atoms with Gasteiger partial charge in [-0.15, -0.1) is 0 Å². The fourth-order valence-electron chi connectivity index (χ4n) is 1.31. The molecule has 0 bridgehead atoms. The first-order valence-electron chi connectivity index (χ1n) is 5.82. The van der Waals surface area contributed by atoms with E-state index in [1.807, 2.05) is 6.92 Å². The monoisotopic (exact) mass is 285 g/mol. The fraction of sp³-hybridized carbons (Fsp3) is 0.417. The van der Waals surface area contributed by atoms with Crippen LogP contribution in [-0.4, -0.2) is 26.1 Å². The van der Waals surface area contributed by atoms with Crippen molar-refractivity contribution in [1.29, 1.82) is 0 Å². The van der Waals surface area contributed by atoms with Crippen molar-refractivity contribution in [2.45, 2.75) is 25.8 Å². The summed E-state index contributed by atoms with van der Waals surface area (Å²) >= 11 is 0. The molecule has 7 heteroatoms. The van der Waals surface area contributed by atoms with Gasteiger partial charge in [-0.1, -0.05) is 13.0 Å². The molecule has 1 unspecified atom stereocenters. The van der Waals surface area contributed by atoms with Gasteiger partial charge in [0.05, 0.1) is 17.5 Å². The highest BCUT2D eigenvalue weighted by molar-refractivity contribution is 7.92. The lowest BCUT2D eigenvalue weighted by atomic mass is 9.99. The third-order valence-corrected chi connectivity index (χ3v) is 3.28. The lowest BCUT2D eigenvalue weighted by molar-refractivity contribution is -0.120. The minimum atomic E-state index is -3.34. The van der Waals surface area contributed by atoms with Crippen molar-refractivity contribution in [1.82, 2.24) is 0 Å². The maximum Gasteiger partial charge on any atom is 0.244 e. The van der Waals surface area contributed by atoms with Crippen LogP contribution < -0.4 is 15.8 Å². The van der Waals surface area contributed by atoms with E-state index in [9.17, 15) is 13.2 Å². The Morgan fingerprint density at radius 1 is 1.37 bits per heavy atom. The Morgan fingerprint density at radius 2 is 1.95 bits per heavy atom. The van der Waals surface area contributed by atoms with E-state index in [1.54, 1.807) is 25.1 Å². The quantitative estimate of drug-likeness (QED) is 0.754. The van der Waals surface area contributed by atoms with Crippen LogP contribution in [0.1, 0.15) is 20.3 Å². The van der Waals surface area contributed by atoms with Crippen LogP contribution in [0.3, 0.4) is 0 Å². The summed E-state index contributed by atoms with van der Waals surface area (Å²) in [4.78, 5) is 11.9. The zero-order chi connectivity index (χ0) is 14.7. The SMILES string of the molecule is CCC(C)(N)C(=O)Nc1cccc(NS(C)(=O)=O)c1. The van der Waals surface area contributed by atoms with Crippen LogP contribution in [0.5, 0.6) is 0 Å². The average Bonchev–Trinajstić information content (AvgIpc) is 2.27. The van der Waals surface area contributed by atoms with E-state index in [4.69, 9.17) is 5.73 Å². The van der Waals surface area contributed by atoms with Gasteiger partial charge in [0.25, 0.3) is 0 Å². The van der Waals surface area contributed by atoms with Gasteiger partial charge in [0.2, 0.25) is 15.9 Å². The van der Waals surface area contributed by atoms with Crippen LogP contribution in [0.25, 0.3) is 0 Å². The van der Waals surface area contributed by atoms with Crippen LogP contribution in [0.2, 0.25) is 0 Å². The van der Waals surface area contributed by atoms with Crippen molar-refractivity contribution in [2.75, 3.05) is 16.3 Å².